The minimum atomic E-state index is -0.766. The molecule has 1 amide bonds. The number of benzene rings is 2. The Morgan fingerprint density at radius 1 is 1.07 bits per heavy atom. The number of cyclic esters (lactones) is 1. The van der Waals surface area contributed by atoms with Crippen molar-refractivity contribution in [2.45, 2.75) is 45.4 Å². The lowest BCUT2D eigenvalue weighted by molar-refractivity contribution is -0.130. The molecule has 1 atom stereocenters. The number of amides is 1. The topological polar surface area (TPSA) is 58.6 Å². The maximum atomic E-state index is 12.5. The summed E-state index contributed by atoms with van der Waals surface area (Å²) in [6, 6.07) is 15.7. The third kappa shape index (κ3) is 4.85. The minimum Gasteiger partial charge on any atom is -0.448 e. The number of likely N-dealkylation sites (tertiary alicyclic amines) is 1. The Labute approximate surface area is 172 Å². The van der Waals surface area contributed by atoms with Crippen LogP contribution in [0, 0.1) is 5.92 Å². The first-order valence-electron chi connectivity index (χ1n) is 10.5. The van der Waals surface area contributed by atoms with Gasteiger partial charge >= 0.3 is 5.97 Å². The third-order valence-corrected chi connectivity index (χ3v) is 5.96. The average Bonchev–Trinajstić information content (AvgIpc) is 2.74. The van der Waals surface area contributed by atoms with Crippen LogP contribution in [0.4, 0.5) is 0 Å². The van der Waals surface area contributed by atoms with Gasteiger partial charge in [-0.2, -0.15) is 0 Å². The second-order valence-electron chi connectivity index (χ2n) is 8.25. The van der Waals surface area contributed by atoms with Gasteiger partial charge in [0, 0.05) is 19.5 Å². The molecule has 4 rings (SSSR count). The van der Waals surface area contributed by atoms with E-state index in [0.717, 1.165) is 23.6 Å². The van der Waals surface area contributed by atoms with Crippen LogP contribution in [0.5, 0.6) is 0 Å². The van der Waals surface area contributed by atoms with Gasteiger partial charge in [-0.15, -0.1) is 0 Å². The van der Waals surface area contributed by atoms with Crippen molar-refractivity contribution in [3.05, 3.63) is 70.8 Å². The quantitative estimate of drug-likeness (QED) is 0.793. The van der Waals surface area contributed by atoms with Crippen molar-refractivity contribution in [2.75, 3.05) is 13.1 Å². The van der Waals surface area contributed by atoms with E-state index in [1.807, 2.05) is 12.1 Å². The number of rotatable bonds is 5. The molecule has 2 aromatic rings. The van der Waals surface area contributed by atoms with Gasteiger partial charge in [-0.1, -0.05) is 49.4 Å². The third-order valence-electron chi connectivity index (χ3n) is 5.96. The summed E-state index contributed by atoms with van der Waals surface area (Å²) >= 11 is 0. The molecule has 1 unspecified atom stereocenters. The van der Waals surface area contributed by atoms with Gasteiger partial charge < -0.3 is 10.1 Å². The summed E-state index contributed by atoms with van der Waals surface area (Å²) in [4.78, 5) is 27.1. The largest absolute Gasteiger partial charge is 0.448 e. The smallest absolute Gasteiger partial charge is 0.339 e. The molecular weight excluding hydrogens is 364 g/mol. The van der Waals surface area contributed by atoms with Crippen LogP contribution < -0.4 is 5.32 Å². The lowest BCUT2D eigenvalue weighted by atomic mass is 9.98. The number of fused-ring (bicyclic) bond motifs is 1. The molecule has 0 bridgehead atoms. The molecule has 0 saturated carbocycles. The number of esters is 1. The molecule has 5 heteroatoms. The SMILES string of the molecule is CC1CCN(Cc2ccc(CNC(=O)C3Cc4ccccc4C(=O)O3)cc2)CC1. The fourth-order valence-electron chi connectivity index (χ4n) is 4.02. The van der Waals surface area contributed by atoms with Gasteiger partial charge in [0.2, 0.25) is 0 Å². The summed E-state index contributed by atoms with van der Waals surface area (Å²) in [7, 11) is 0. The van der Waals surface area contributed by atoms with E-state index in [9.17, 15) is 9.59 Å². The van der Waals surface area contributed by atoms with Crippen LogP contribution in [0.15, 0.2) is 48.5 Å². The zero-order valence-electron chi connectivity index (χ0n) is 16.9. The molecule has 5 nitrogen and oxygen atoms in total. The lowest BCUT2D eigenvalue weighted by Crippen LogP contribution is -2.41. The summed E-state index contributed by atoms with van der Waals surface area (Å²) in [5, 5.41) is 2.90. The zero-order chi connectivity index (χ0) is 20.2. The Hall–Kier alpha value is -2.66. The van der Waals surface area contributed by atoms with E-state index >= 15 is 0 Å². The predicted molar refractivity (Wildman–Crippen MR) is 111 cm³/mol. The lowest BCUT2D eigenvalue weighted by Gasteiger charge is -2.30. The van der Waals surface area contributed by atoms with Crippen LogP contribution in [0.1, 0.15) is 46.8 Å². The number of hydrogen-bond donors (Lipinski definition) is 1. The van der Waals surface area contributed by atoms with E-state index in [1.54, 1.807) is 12.1 Å². The number of nitrogens with zero attached hydrogens (tertiary/aromatic N) is 1. The summed E-state index contributed by atoms with van der Waals surface area (Å²) in [6.45, 7) is 6.07. The summed E-state index contributed by atoms with van der Waals surface area (Å²) in [5.41, 5.74) is 3.75. The molecule has 1 fully saturated rings. The highest BCUT2D eigenvalue weighted by atomic mass is 16.5. The van der Waals surface area contributed by atoms with Crippen LogP contribution in [0.2, 0.25) is 0 Å². The van der Waals surface area contributed by atoms with E-state index in [2.05, 4.69) is 41.4 Å². The van der Waals surface area contributed by atoms with Gasteiger partial charge in [0.1, 0.15) is 0 Å². The van der Waals surface area contributed by atoms with Gasteiger partial charge in [0.05, 0.1) is 5.56 Å². The van der Waals surface area contributed by atoms with Gasteiger partial charge in [0.25, 0.3) is 5.91 Å². The number of hydrogen-bond acceptors (Lipinski definition) is 4. The van der Waals surface area contributed by atoms with Crippen LogP contribution in [0.3, 0.4) is 0 Å². The van der Waals surface area contributed by atoms with Gasteiger partial charge in [-0.05, 0) is 54.6 Å². The summed E-state index contributed by atoms with van der Waals surface area (Å²) < 4.78 is 5.32. The molecule has 152 valence electrons. The number of carbonyl (C=O) groups is 2. The molecule has 2 aliphatic rings. The Balaban J connectivity index is 1.28. The van der Waals surface area contributed by atoms with Crippen molar-refractivity contribution >= 4 is 11.9 Å². The molecule has 1 N–H and O–H groups in total. The molecule has 0 spiro atoms. The Morgan fingerprint density at radius 2 is 1.76 bits per heavy atom. The van der Waals surface area contributed by atoms with Crippen molar-refractivity contribution in [3.63, 3.8) is 0 Å². The second kappa shape index (κ2) is 8.78. The monoisotopic (exact) mass is 392 g/mol. The number of ether oxygens (including phenoxy) is 1. The first-order chi connectivity index (χ1) is 14.1. The normalized spacial score (nSPS) is 20.0. The van der Waals surface area contributed by atoms with E-state index in [0.29, 0.717) is 18.5 Å². The molecular formula is C24H28N2O3. The Bertz CT molecular complexity index is 870. The van der Waals surface area contributed by atoms with Gasteiger partial charge in [0.15, 0.2) is 6.10 Å². The Morgan fingerprint density at radius 3 is 2.52 bits per heavy atom. The van der Waals surface area contributed by atoms with Crippen LogP contribution in [-0.4, -0.2) is 36.0 Å². The molecule has 2 aromatic carbocycles. The van der Waals surface area contributed by atoms with E-state index in [4.69, 9.17) is 4.74 Å². The highest BCUT2D eigenvalue weighted by Gasteiger charge is 2.30. The number of nitrogens with one attached hydrogen (secondary N) is 1. The highest BCUT2D eigenvalue weighted by Crippen LogP contribution is 2.21. The first kappa shape index (κ1) is 19.6. The van der Waals surface area contributed by atoms with E-state index in [1.165, 1.54) is 31.5 Å². The molecule has 1 saturated heterocycles. The van der Waals surface area contributed by atoms with Gasteiger partial charge in [-0.3, -0.25) is 9.69 Å². The first-order valence-corrected chi connectivity index (χ1v) is 10.5. The maximum Gasteiger partial charge on any atom is 0.339 e. The number of carbonyl (C=O) groups excluding carboxylic acids is 2. The standard InChI is InChI=1S/C24H28N2O3/c1-17-10-12-26(13-11-17)16-19-8-6-18(7-9-19)15-25-23(27)22-14-20-4-2-3-5-21(20)24(28)29-22/h2-9,17,22H,10-16H2,1H3,(H,25,27). The van der Waals surface area contributed by atoms with Crippen molar-refractivity contribution in [1.82, 2.24) is 10.2 Å². The predicted octanol–water partition coefficient (Wildman–Crippen LogP) is 3.32. The van der Waals surface area contributed by atoms with Crippen molar-refractivity contribution in [2.24, 2.45) is 5.92 Å². The molecule has 0 radical (unpaired) electrons. The molecule has 2 heterocycles. The Kier molecular flexibility index (Phi) is 5.95. The zero-order valence-corrected chi connectivity index (χ0v) is 16.9. The molecule has 2 aliphatic heterocycles. The number of piperidine rings is 1. The molecule has 29 heavy (non-hydrogen) atoms. The van der Waals surface area contributed by atoms with Gasteiger partial charge in [-0.25, -0.2) is 4.79 Å². The molecule has 0 aliphatic carbocycles. The second-order valence-corrected chi connectivity index (χ2v) is 8.25. The van der Waals surface area contributed by atoms with E-state index in [-0.39, 0.29) is 5.91 Å². The van der Waals surface area contributed by atoms with Crippen molar-refractivity contribution < 1.29 is 14.3 Å². The van der Waals surface area contributed by atoms with E-state index < -0.39 is 12.1 Å². The maximum absolute atomic E-state index is 12.5. The van der Waals surface area contributed by atoms with Crippen LogP contribution in [0.25, 0.3) is 0 Å². The van der Waals surface area contributed by atoms with Crippen molar-refractivity contribution in [1.29, 1.82) is 0 Å². The van der Waals surface area contributed by atoms with Crippen molar-refractivity contribution in [3.8, 4) is 0 Å². The molecule has 0 aromatic heterocycles. The van der Waals surface area contributed by atoms with Crippen LogP contribution in [-0.2, 0) is 29.0 Å². The summed E-state index contributed by atoms with van der Waals surface area (Å²) in [5.74, 6) is 0.164. The highest BCUT2D eigenvalue weighted by molar-refractivity contribution is 5.95. The minimum absolute atomic E-state index is 0.251. The fourth-order valence-corrected chi connectivity index (χ4v) is 4.02. The average molecular weight is 392 g/mol. The fraction of sp³-hybridized carbons (Fsp3) is 0.417. The summed E-state index contributed by atoms with van der Waals surface area (Å²) in [6.07, 6.45) is 2.21. The van der Waals surface area contributed by atoms with Crippen LogP contribution >= 0.6 is 0 Å².